The minimum Gasteiger partial charge on any atom is -0.481 e. The number of benzene rings is 1. The Morgan fingerprint density at radius 3 is 2.31 bits per heavy atom. The number of aliphatic hydroxyl groups excluding tert-OH is 1. The zero-order valence-electron chi connectivity index (χ0n) is 8.08. The molecule has 16 heavy (non-hydrogen) atoms. The summed E-state index contributed by atoms with van der Waals surface area (Å²) in [5.41, 5.74) is -0.749. The van der Waals surface area contributed by atoms with E-state index in [0.717, 1.165) is 18.2 Å². The Labute approximate surface area is 89.1 Å². The minimum atomic E-state index is -4.51. The van der Waals surface area contributed by atoms with Crippen molar-refractivity contribution in [3.8, 4) is 0 Å². The van der Waals surface area contributed by atoms with Crippen LogP contribution in [0.25, 0.3) is 0 Å². The molecule has 88 valence electrons. The van der Waals surface area contributed by atoms with Crippen molar-refractivity contribution in [2.75, 3.05) is 0 Å². The van der Waals surface area contributed by atoms with Gasteiger partial charge in [-0.3, -0.25) is 4.79 Å². The van der Waals surface area contributed by atoms with Crippen LogP contribution < -0.4 is 0 Å². The van der Waals surface area contributed by atoms with E-state index in [-0.39, 0.29) is 11.1 Å². The number of carbonyl (C=O) groups is 1. The van der Waals surface area contributed by atoms with E-state index in [4.69, 9.17) is 10.2 Å². The van der Waals surface area contributed by atoms with Gasteiger partial charge in [0, 0.05) is 0 Å². The molecule has 0 aliphatic heterocycles. The monoisotopic (exact) mass is 234 g/mol. The van der Waals surface area contributed by atoms with E-state index < -0.39 is 30.7 Å². The van der Waals surface area contributed by atoms with Gasteiger partial charge in [0.1, 0.15) is 0 Å². The third-order valence-electron chi connectivity index (χ3n) is 2.05. The Bertz CT molecular complexity index is 399. The summed E-state index contributed by atoms with van der Waals surface area (Å²) in [6, 6.07) is 2.65. The molecular weight excluding hydrogens is 225 g/mol. The third-order valence-corrected chi connectivity index (χ3v) is 2.05. The lowest BCUT2D eigenvalue weighted by atomic mass is 10.0. The van der Waals surface area contributed by atoms with E-state index in [2.05, 4.69) is 0 Å². The predicted molar refractivity (Wildman–Crippen MR) is 48.7 cm³/mol. The Morgan fingerprint density at radius 1 is 1.25 bits per heavy atom. The second kappa shape index (κ2) is 4.52. The highest BCUT2D eigenvalue weighted by atomic mass is 19.4. The lowest BCUT2D eigenvalue weighted by molar-refractivity contribution is -0.138. The maximum atomic E-state index is 12.3. The van der Waals surface area contributed by atoms with Crippen LogP contribution in [0.4, 0.5) is 13.2 Å². The van der Waals surface area contributed by atoms with E-state index >= 15 is 0 Å². The van der Waals surface area contributed by atoms with E-state index in [1.807, 2.05) is 0 Å². The average Bonchev–Trinajstić information content (AvgIpc) is 2.15. The zero-order chi connectivity index (χ0) is 12.3. The molecular formula is C10H9F3O3. The highest BCUT2D eigenvalue weighted by Crippen LogP contribution is 2.30. The summed E-state index contributed by atoms with van der Waals surface area (Å²) < 4.78 is 37.0. The quantitative estimate of drug-likeness (QED) is 0.838. The van der Waals surface area contributed by atoms with Crippen molar-refractivity contribution < 1.29 is 28.2 Å². The van der Waals surface area contributed by atoms with Crippen LogP contribution in [0.5, 0.6) is 0 Å². The summed E-state index contributed by atoms with van der Waals surface area (Å²) in [5, 5.41) is 17.4. The van der Waals surface area contributed by atoms with Gasteiger partial charge in [-0.15, -0.1) is 0 Å². The van der Waals surface area contributed by atoms with Gasteiger partial charge < -0.3 is 10.2 Å². The predicted octanol–water partition coefficient (Wildman–Crippen LogP) is 1.82. The number of rotatable bonds is 3. The van der Waals surface area contributed by atoms with Gasteiger partial charge in [0.05, 0.1) is 18.6 Å². The van der Waals surface area contributed by atoms with Crippen molar-refractivity contribution in [3.05, 3.63) is 34.9 Å². The van der Waals surface area contributed by atoms with Crippen LogP contribution in [-0.4, -0.2) is 16.2 Å². The van der Waals surface area contributed by atoms with Gasteiger partial charge in [0.25, 0.3) is 0 Å². The molecule has 6 heteroatoms. The van der Waals surface area contributed by atoms with Gasteiger partial charge >= 0.3 is 12.1 Å². The lowest BCUT2D eigenvalue weighted by Gasteiger charge is -2.11. The van der Waals surface area contributed by atoms with Gasteiger partial charge in [0.2, 0.25) is 0 Å². The Hall–Kier alpha value is -1.56. The highest BCUT2D eigenvalue weighted by molar-refractivity contribution is 5.70. The van der Waals surface area contributed by atoms with Crippen LogP contribution in [0.3, 0.4) is 0 Å². The van der Waals surface area contributed by atoms with Crippen molar-refractivity contribution in [1.82, 2.24) is 0 Å². The maximum Gasteiger partial charge on any atom is 0.416 e. The first kappa shape index (κ1) is 12.5. The summed E-state index contributed by atoms with van der Waals surface area (Å²) in [6.07, 6.45) is -5.05. The number of alkyl halides is 3. The Kier molecular flexibility index (Phi) is 3.54. The molecule has 0 aliphatic carbocycles. The zero-order valence-corrected chi connectivity index (χ0v) is 8.08. The van der Waals surface area contributed by atoms with E-state index in [0.29, 0.717) is 0 Å². The number of halogens is 3. The molecule has 1 rings (SSSR count). The molecule has 0 aliphatic rings. The molecule has 0 aromatic heterocycles. The Morgan fingerprint density at radius 2 is 1.88 bits per heavy atom. The summed E-state index contributed by atoms with van der Waals surface area (Å²) in [6.45, 7) is -0.485. The molecule has 0 radical (unpaired) electrons. The molecule has 0 saturated heterocycles. The second-order valence-electron chi connectivity index (χ2n) is 3.21. The molecule has 0 spiro atoms. The number of aliphatic hydroxyl groups is 1. The van der Waals surface area contributed by atoms with Gasteiger partial charge in [0.15, 0.2) is 0 Å². The molecule has 0 saturated carbocycles. The number of carboxylic acids is 1. The average molecular weight is 234 g/mol. The van der Waals surface area contributed by atoms with E-state index in [1.54, 1.807) is 0 Å². The standard InChI is InChI=1S/C10H9F3O3/c11-10(12,13)8-2-1-6(5-14)7(3-8)4-9(15)16/h1-3,14H,4-5H2,(H,15,16). The SMILES string of the molecule is O=C(O)Cc1cc(C(F)(F)F)ccc1CO. The summed E-state index contributed by atoms with van der Waals surface area (Å²) in [7, 11) is 0. The van der Waals surface area contributed by atoms with Crippen molar-refractivity contribution in [3.63, 3.8) is 0 Å². The molecule has 2 N–H and O–H groups in total. The first-order valence-electron chi connectivity index (χ1n) is 4.36. The molecule has 0 fully saturated rings. The number of aliphatic carboxylic acids is 1. The van der Waals surface area contributed by atoms with Crippen LogP contribution in [-0.2, 0) is 24.0 Å². The van der Waals surface area contributed by atoms with Crippen molar-refractivity contribution >= 4 is 5.97 Å². The first-order valence-corrected chi connectivity index (χ1v) is 4.36. The second-order valence-corrected chi connectivity index (χ2v) is 3.21. The molecule has 1 aromatic rings. The van der Waals surface area contributed by atoms with E-state index in [1.165, 1.54) is 0 Å². The molecule has 0 heterocycles. The van der Waals surface area contributed by atoms with Gasteiger partial charge in [-0.1, -0.05) is 6.07 Å². The topological polar surface area (TPSA) is 57.5 Å². The fraction of sp³-hybridized carbons (Fsp3) is 0.300. The van der Waals surface area contributed by atoms with Gasteiger partial charge in [-0.25, -0.2) is 0 Å². The number of hydrogen-bond acceptors (Lipinski definition) is 2. The van der Waals surface area contributed by atoms with E-state index in [9.17, 15) is 18.0 Å². The molecule has 0 atom stereocenters. The maximum absolute atomic E-state index is 12.3. The van der Waals surface area contributed by atoms with Gasteiger partial charge in [-0.2, -0.15) is 13.2 Å². The lowest BCUT2D eigenvalue weighted by Crippen LogP contribution is -2.09. The van der Waals surface area contributed by atoms with Crippen molar-refractivity contribution in [1.29, 1.82) is 0 Å². The largest absolute Gasteiger partial charge is 0.481 e. The van der Waals surface area contributed by atoms with Crippen LogP contribution in [0.2, 0.25) is 0 Å². The molecule has 0 unspecified atom stereocenters. The molecule has 3 nitrogen and oxygen atoms in total. The fourth-order valence-electron chi connectivity index (χ4n) is 1.28. The summed E-state index contributed by atoms with van der Waals surface area (Å²) in [5.74, 6) is -1.24. The van der Waals surface area contributed by atoms with Gasteiger partial charge in [-0.05, 0) is 23.3 Å². The van der Waals surface area contributed by atoms with Crippen LogP contribution >= 0.6 is 0 Å². The smallest absolute Gasteiger partial charge is 0.416 e. The minimum absolute atomic E-state index is 0.0233. The Balaban J connectivity index is 3.16. The number of carboxylic acid groups (broad SMARTS) is 1. The summed E-state index contributed by atoms with van der Waals surface area (Å²) >= 11 is 0. The molecule has 1 aromatic carbocycles. The van der Waals surface area contributed by atoms with Crippen LogP contribution in [0.15, 0.2) is 18.2 Å². The van der Waals surface area contributed by atoms with Crippen LogP contribution in [0.1, 0.15) is 16.7 Å². The third kappa shape index (κ3) is 2.96. The highest BCUT2D eigenvalue weighted by Gasteiger charge is 2.31. The summed E-state index contributed by atoms with van der Waals surface area (Å²) in [4.78, 5) is 10.4. The fourth-order valence-corrected chi connectivity index (χ4v) is 1.28. The van der Waals surface area contributed by atoms with Crippen molar-refractivity contribution in [2.45, 2.75) is 19.2 Å². The number of hydrogen-bond donors (Lipinski definition) is 2. The molecule has 0 bridgehead atoms. The molecule has 0 amide bonds. The first-order chi connectivity index (χ1) is 7.34. The normalized spacial score (nSPS) is 11.5. The van der Waals surface area contributed by atoms with Crippen molar-refractivity contribution in [2.24, 2.45) is 0 Å². The van der Waals surface area contributed by atoms with Crippen LogP contribution in [0, 0.1) is 0 Å².